The standard InChI is InChI=1S/C28H22FN3O4/c1-4-15-5-7-22-19(10-15)25-24(28(33)35-22)23(20(12-30)27(31)36-25)16-6-8-21(34-3)18(11-16)17-9-14(2)26(29)32-13-17/h5-11,13,23H,4,31H2,1-3H3. The Bertz CT molecular complexity index is 1670. The Balaban J connectivity index is 1.79. The number of halogens is 1. The maximum atomic E-state index is 13.8. The summed E-state index contributed by atoms with van der Waals surface area (Å²) in [6.45, 7) is 3.64. The molecule has 0 bridgehead atoms. The number of ether oxygens (including phenoxy) is 2. The third-order valence-electron chi connectivity index (χ3n) is 6.42. The molecule has 36 heavy (non-hydrogen) atoms. The molecule has 0 spiro atoms. The summed E-state index contributed by atoms with van der Waals surface area (Å²) in [5, 5.41) is 10.6. The van der Waals surface area contributed by atoms with Crippen LogP contribution in [0.5, 0.6) is 11.5 Å². The number of methoxy groups -OCH3 is 1. The summed E-state index contributed by atoms with van der Waals surface area (Å²) in [5.41, 5.74) is 9.46. The number of pyridine rings is 1. The fourth-order valence-electron chi connectivity index (χ4n) is 4.56. The zero-order valence-corrected chi connectivity index (χ0v) is 19.9. The van der Waals surface area contributed by atoms with E-state index in [2.05, 4.69) is 11.1 Å². The molecule has 2 N–H and O–H groups in total. The van der Waals surface area contributed by atoms with Crippen molar-refractivity contribution in [1.29, 1.82) is 5.26 Å². The maximum Gasteiger partial charge on any atom is 0.344 e. The van der Waals surface area contributed by atoms with Gasteiger partial charge in [0.25, 0.3) is 0 Å². The van der Waals surface area contributed by atoms with Gasteiger partial charge in [-0.25, -0.2) is 9.78 Å². The molecule has 0 saturated carbocycles. The van der Waals surface area contributed by atoms with Gasteiger partial charge in [0.15, 0.2) is 5.75 Å². The summed E-state index contributed by atoms with van der Waals surface area (Å²) in [7, 11) is 1.52. The van der Waals surface area contributed by atoms with Crippen LogP contribution in [-0.2, 0) is 6.42 Å². The number of hydrogen-bond donors (Lipinski definition) is 1. The first-order valence-corrected chi connectivity index (χ1v) is 11.3. The van der Waals surface area contributed by atoms with E-state index >= 15 is 0 Å². The minimum Gasteiger partial charge on any atom is -0.496 e. The molecule has 1 unspecified atom stereocenters. The second kappa shape index (κ2) is 8.86. The summed E-state index contributed by atoms with van der Waals surface area (Å²) in [5.74, 6) is -0.697. The van der Waals surface area contributed by atoms with Crippen molar-refractivity contribution in [2.75, 3.05) is 7.11 Å². The van der Waals surface area contributed by atoms with E-state index in [9.17, 15) is 14.4 Å². The number of hydrogen-bond acceptors (Lipinski definition) is 7. The van der Waals surface area contributed by atoms with E-state index in [4.69, 9.17) is 19.6 Å². The summed E-state index contributed by atoms with van der Waals surface area (Å²) in [6, 6.07) is 14.5. The Morgan fingerprint density at radius 3 is 2.72 bits per heavy atom. The van der Waals surface area contributed by atoms with Crippen LogP contribution in [0.1, 0.15) is 35.1 Å². The number of aryl methyl sites for hydroxylation is 2. The van der Waals surface area contributed by atoms with E-state index in [-0.39, 0.29) is 22.8 Å². The molecule has 2 aromatic heterocycles. The predicted molar refractivity (Wildman–Crippen MR) is 132 cm³/mol. The lowest BCUT2D eigenvalue weighted by atomic mass is 9.82. The van der Waals surface area contributed by atoms with Crippen LogP contribution in [0.15, 0.2) is 69.3 Å². The molecule has 5 rings (SSSR count). The normalized spacial score (nSPS) is 14.8. The van der Waals surface area contributed by atoms with Crippen LogP contribution in [-0.4, -0.2) is 12.1 Å². The predicted octanol–water partition coefficient (Wildman–Crippen LogP) is 5.09. The van der Waals surface area contributed by atoms with Crippen LogP contribution in [0.4, 0.5) is 4.39 Å². The first kappa shape index (κ1) is 23.1. The molecule has 8 heteroatoms. The number of benzene rings is 2. The Hall–Kier alpha value is -4.64. The van der Waals surface area contributed by atoms with Gasteiger partial charge in [-0.1, -0.05) is 19.1 Å². The summed E-state index contributed by atoms with van der Waals surface area (Å²) < 4.78 is 30.9. The number of nitriles is 1. The summed E-state index contributed by atoms with van der Waals surface area (Å²) in [4.78, 5) is 17.1. The zero-order valence-electron chi connectivity index (χ0n) is 19.9. The minimum atomic E-state index is -0.844. The lowest BCUT2D eigenvalue weighted by Crippen LogP contribution is -2.26. The number of nitrogens with zero attached hydrogens (tertiary/aromatic N) is 2. The Kier molecular flexibility index (Phi) is 5.69. The van der Waals surface area contributed by atoms with Crippen LogP contribution in [0.25, 0.3) is 22.1 Å². The molecule has 0 amide bonds. The monoisotopic (exact) mass is 483 g/mol. The second-order valence-electron chi connectivity index (χ2n) is 8.53. The van der Waals surface area contributed by atoms with E-state index in [1.807, 2.05) is 19.1 Å². The van der Waals surface area contributed by atoms with Gasteiger partial charge in [-0.15, -0.1) is 0 Å². The van der Waals surface area contributed by atoms with E-state index in [1.54, 1.807) is 37.3 Å². The molecule has 2 aromatic carbocycles. The van der Waals surface area contributed by atoms with Crippen molar-refractivity contribution in [1.82, 2.24) is 4.98 Å². The van der Waals surface area contributed by atoms with Gasteiger partial charge in [-0.3, -0.25) is 0 Å². The Morgan fingerprint density at radius 2 is 2.03 bits per heavy atom. The Morgan fingerprint density at radius 1 is 1.22 bits per heavy atom. The van der Waals surface area contributed by atoms with Gasteiger partial charge in [0.2, 0.25) is 11.8 Å². The fourth-order valence-corrected chi connectivity index (χ4v) is 4.56. The SMILES string of the molecule is CCc1ccc2oc(=O)c3c(c2c1)OC(N)=C(C#N)C3c1ccc(OC)c(-c2cnc(F)c(C)c2)c1. The molecule has 0 fully saturated rings. The maximum absolute atomic E-state index is 13.8. The Labute approximate surface area is 206 Å². The van der Waals surface area contributed by atoms with Gasteiger partial charge >= 0.3 is 5.63 Å². The van der Waals surface area contributed by atoms with E-state index in [0.29, 0.717) is 39.0 Å². The number of allylic oxidation sites excluding steroid dienone is 1. The van der Waals surface area contributed by atoms with Crippen molar-refractivity contribution in [2.45, 2.75) is 26.2 Å². The smallest absolute Gasteiger partial charge is 0.344 e. The van der Waals surface area contributed by atoms with Crippen LogP contribution < -0.4 is 20.8 Å². The molecule has 1 aliphatic rings. The number of rotatable bonds is 4. The van der Waals surface area contributed by atoms with E-state index in [0.717, 1.165) is 12.0 Å². The molecule has 4 aromatic rings. The average Bonchev–Trinajstić information content (AvgIpc) is 2.89. The van der Waals surface area contributed by atoms with Gasteiger partial charge in [0, 0.05) is 22.9 Å². The average molecular weight is 483 g/mol. The van der Waals surface area contributed by atoms with Crippen molar-refractivity contribution in [3.05, 3.63) is 98.7 Å². The number of fused-ring (bicyclic) bond motifs is 3. The topological polar surface area (TPSA) is 111 Å². The highest BCUT2D eigenvalue weighted by atomic mass is 19.1. The van der Waals surface area contributed by atoms with Crippen molar-refractivity contribution >= 4 is 11.0 Å². The first-order valence-electron chi connectivity index (χ1n) is 11.3. The zero-order chi connectivity index (χ0) is 25.6. The van der Waals surface area contributed by atoms with E-state index in [1.165, 1.54) is 13.3 Å². The highest BCUT2D eigenvalue weighted by Crippen LogP contribution is 2.45. The lowest BCUT2D eigenvalue weighted by molar-refractivity contribution is 0.388. The molecular weight excluding hydrogens is 461 g/mol. The minimum absolute atomic E-state index is 0.0829. The molecule has 180 valence electrons. The molecular formula is C28H22FN3O4. The molecule has 0 saturated heterocycles. The van der Waals surface area contributed by atoms with Crippen molar-refractivity contribution in [3.63, 3.8) is 0 Å². The fraction of sp³-hybridized carbons (Fsp3) is 0.179. The first-order chi connectivity index (χ1) is 17.4. The van der Waals surface area contributed by atoms with Gasteiger partial charge < -0.3 is 19.6 Å². The summed E-state index contributed by atoms with van der Waals surface area (Å²) in [6.07, 6.45) is 2.18. The highest BCUT2D eigenvalue weighted by Gasteiger charge is 2.36. The van der Waals surface area contributed by atoms with Gasteiger partial charge in [0.1, 0.15) is 23.0 Å². The molecule has 7 nitrogen and oxygen atoms in total. The van der Waals surface area contributed by atoms with Crippen molar-refractivity contribution < 1.29 is 18.3 Å². The molecule has 0 aliphatic carbocycles. The number of nitrogens with two attached hydrogens (primary N) is 1. The largest absolute Gasteiger partial charge is 0.496 e. The van der Waals surface area contributed by atoms with Gasteiger partial charge in [-0.2, -0.15) is 9.65 Å². The van der Waals surface area contributed by atoms with Gasteiger partial charge in [0.05, 0.1) is 24.0 Å². The van der Waals surface area contributed by atoms with Gasteiger partial charge in [-0.05, 0) is 54.8 Å². The molecule has 1 atom stereocenters. The van der Waals surface area contributed by atoms with E-state index < -0.39 is 17.5 Å². The van der Waals surface area contributed by atoms with Crippen LogP contribution in [0.3, 0.4) is 0 Å². The van der Waals surface area contributed by atoms with Crippen molar-refractivity contribution in [3.8, 4) is 28.7 Å². The third-order valence-corrected chi connectivity index (χ3v) is 6.42. The second-order valence-corrected chi connectivity index (χ2v) is 8.53. The van der Waals surface area contributed by atoms with Crippen LogP contribution in [0.2, 0.25) is 0 Å². The lowest BCUT2D eigenvalue weighted by Gasteiger charge is -2.26. The highest BCUT2D eigenvalue weighted by molar-refractivity contribution is 5.87. The molecule has 0 radical (unpaired) electrons. The van der Waals surface area contributed by atoms with Crippen LogP contribution in [0, 0.1) is 24.2 Å². The van der Waals surface area contributed by atoms with Crippen LogP contribution >= 0.6 is 0 Å². The number of aromatic nitrogens is 1. The summed E-state index contributed by atoms with van der Waals surface area (Å²) >= 11 is 0. The molecule has 1 aliphatic heterocycles. The van der Waals surface area contributed by atoms with Crippen molar-refractivity contribution in [2.24, 2.45) is 5.73 Å². The quantitative estimate of drug-likeness (QED) is 0.318. The third kappa shape index (κ3) is 3.66. The molecule has 3 heterocycles.